The van der Waals surface area contributed by atoms with Gasteiger partial charge in [-0.05, 0) is 33.6 Å². The number of rotatable bonds is 28. The Hall–Kier alpha value is -0.200. The zero-order chi connectivity index (χ0) is 29.3. The highest BCUT2D eigenvalue weighted by Crippen LogP contribution is 2.23. The van der Waals surface area contributed by atoms with Crippen LogP contribution in [0.1, 0.15) is 188 Å². The zero-order valence-corrected chi connectivity index (χ0v) is 27.0. The predicted molar refractivity (Wildman–Crippen MR) is 169 cm³/mol. The quantitative estimate of drug-likeness (QED) is 0.0817. The van der Waals surface area contributed by atoms with Crippen LogP contribution in [-0.2, 0) is 9.47 Å². The molecule has 5 heteroatoms. The highest BCUT2D eigenvalue weighted by atomic mass is 16.7. The molecule has 1 aliphatic heterocycles. The lowest BCUT2D eigenvalue weighted by Crippen LogP contribution is -2.48. The van der Waals surface area contributed by atoms with Gasteiger partial charge in [0.15, 0.2) is 6.29 Å². The maximum atomic E-state index is 10.1. The smallest absolute Gasteiger partial charge is 0.184 e. The number of aliphatic hydroxyl groups excluding tert-OH is 3. The molecule has 0 bridgehead atoms. The highest BCUT2D eigenvalue weighted by Gasteiger charge is 2.35. The molecular weight excluding hydrogens is 500 g/mol. The molecule has 0 aromatic rings. The Morgan fingerprint density at radius 2 is 0.875 bits per heavy atom. The first-order chi connectivity index (χ1) is 19.4. The van der Waals surface area contributed by atoms with Crippen LogP contribution in [0.3, 0.4) is 0 Å². The maximum Gasteiger partial charge on any atom is 0.184 e. The molecular formula is C35H70O5. The Labute approximate surface area is 249 Å². The topological polar surface area (TPSA) is 79.2 Å². The van der Waals surface area contributed by atoms with Crippen molar-refractivity contribution >= 4 is 0 Å². The van der Waals surface area contributed by atoms with Gasteiger partial charge in [0, 0.05) is 6.42 Å². The SMILES string of the molecule is C[C@H](CCCCCCCCCCCCCCCCCCCCCCCCC[C@@H](C)O)O[C@@H]1O[C@@H](C)[C@H](O)C[C@H]1O. The van der Waals surface area contributed by atoms with Gasteiger partial charge in [-0.3, -0.25) is 0 Å². The van der Waals surface area contributed by atoms with Gasteiger partial charge in [-0.1, -0.05) is 148 Å². The molecule has 1 rings (SSSR count). The van der Waals surface area contributed by atoms with Crippen molar-refractivity contribution in [1.29, 1.82) is 0 Å². The summed E-state index contributed by atoms with van der Waals surface area (Å²) in [5, 5.41) is 29.1. The van der Waals surface area contributed by atoms with Crippen LogP contribution in [0.15, 0.2) is 0 Å². The second kappa shape index (κ2) is 26.4. The summed E-state index contributed by atoms with van der Waals surface area (Å²) >= 11 is 0. The Morgan fingerprint density at radius 3 is 1.23 bits per heavy atom. The number of aliphatic hydroxyl groups is 3. The summed E-state index contributed by atoms with van der Waals surface area (Å²) in [4.78, 5) is 0. The van der Waals surface area contributed by atoms with Crippen molar-refractivity contribution in [2.24, 2.45) is 0 Å². The van der Waals surface area contributed by atoms with E-state index >= 15 is 0 Å². The van der Waals surface area contributed by atoms with Gasteiger partial charge in [0.2, 0.25) is 0 Å². The van der Waals surface area contributed by atoms with Gasteiger partial charge in [0.25, 0.3) is 0 Å². The minimum absolute atomic E-state index is 0.0745. The van der Waals surface area contributed by atoms with E-state index in [2.05, 4.69) is 6.92 Å². The van der Waals surface area contributed by atoms with Crippen LogP contribution >= 0.6 is 0 Å². The summed E-state index contributed by atoms with van der Waals surface area (Å²) in [6.45, 7) is 5.78. The molecule has 0 aromatic heterocycles. The minimum Gasteiger partial charge on any atom is -0.393 e. The fourth-order valence-corrected chi connectivity index (χ4v) is 5.95. The largest absolute Gasteiger partial charge is 0.393 e. The second-order valence-electron chi connectivity index (χ2n) is 13.1. The van der Waals surface area contributed by atoms with E-state index in [1.54, 1.807) is 0 Å². The molecule has 40 heavy (non-hydrogen) atoms. The van der Waals surface area contributed by atoms with E-state index in [0.717, 1.165) is 19.3 Å². The maximum absolute atomic E-state index is 10.1. The number of ether oxygens (including phenoxy) is 2. The van der Waals surface area contributed by atoms with Crippen LogP contribution in [-0.4, -0.2) is 52.1 Å². The first kappa shape index (κ1) is 37.8. The third-order valence-corrected chi connectivity index (χ3v) is 8.79. The van der Waals surface area contributed by atoms with Crippen molar-refractivity contribution < 1.29 is 24.8 Å². The van der Waals surface area contributed by atoms with E-state index in [0.29, 0.717) is 6.42 Å². The normalized spacial score (nSPS) is 22.9. The fraction of sp³-hybridized carbons (Fsp3) is 1.00. The molecule has 240 valence electrons. The Bertz CT molecular complexity index is 528. The fourth-order valence-electron chi connectivity index (χ4n) is 5.95. The van der Waals surface area contributed by atoms with Crippen LogP contribution in [0.2, 0.25) is 0 Å². The Kier molecular flexibility index (Phi) is 25.0. The summed E-state index contributed by atoms with van der Waals surface area (Å²) in [7, 11) is 0. The number of hydrogen-bond donors (Lipinski definition) is 3. The summed E-state index contributed by atoms with van der Waals surface area (Å²) < 4.78 is 11.5. The van der Waals surface area contributed by atoms with Gasteiger partial charge in [-0.15, -0.1) is 0 Å². The van der Waals surface area contributed by atoms with Crippen LogP contribution in [0, 0.1) is 0 Å². The van der Waals surface area contributed by atoms with Crippen LogP contribution in [0.5, 0.6) is 0 Å². The average molecular weight is 571 g/mol. The standard InChI is InChI=1S/C35H70O5/c1-30(36)27-25-23-21-19-17-15-13-11-9-7-5-4-6-8-10-12-14-16-18-20-22-24-26-28-31(2)39-35-34(38)29-33(37)32(3)40-35/h30-38H,4-29H2,1-3H3/t30-,31-,32+,33-,34-,35-/m1/s1. The van der Waals surface area contributed by atoms with Crippen LogP contribution < -0.4 is 0 Å². The molecule has 3 N–H and O–H groups in total. The van der Waals surface area contributed by atoms with Gasteiger partial charge < -0.3 is 24.8 Å². The molecule has 1 fully saturated rings. The molecule has 1 saturated heterocycles. The molecule has 1 heterocycles. The van der Waals surface area contributed by atoms with Crippen molar-refractivity contribution in [2.45, 2.75) is 225 Å². The molecule has 0 aromatic carbocycles. The van der Waals surface area contributed by atoms with E-state index in [4.69, 9.17) is 9.47 Å². The zero-order valence-electron chi connectivity index (χ0n) is 27.0. The summed E-state index contributed by atoms with van der Waals surface area (Å²) in [6, 6.07) is 0. The van der Waals surface area contributed by atoms with Gasteiger partial charge in [0.05, 0.1) is 24.4 Å². The third-order valence-electron chi connectivity index (χ3n) is 8.79. The highest BCUT2D eigenvalue weighted by molar-refractivity contribution is 4.78. The molecule has 0 unspecified atom stereocenters. The van der Waals surface area contributed by atoms with Crippen molar-refractivity contribution in [3.63, 3.8) is 0 Å². The van der Waals surface area contributed by atoms with Gasteiger partial charge >= 0.3 is 0 Å². The molecule has 0 amide bonds. The molecule has 0 spiro atoms. The Morgan fingerprint density at radius 1 is 0.550 bits per heavy atom. The first-order valence-electron chi connectivity index (χ1n) is 17.7. The predicted octanol–water partition coefficient (Wildman–Crippen LogP) is 9.38. The van der Waals surface area contributed by atoms with E-state index in [-0.39, 0.29) is 18.3 Å². The van der Waals surface area contributed by atoms with Crippen molar-refractivity contribution in [3.05, 3.63) is 0 Å². The third kappa shape index (κ3) is 22.4. The van der Waals surface area contributed by atoms with Gasteiger partial charge in [0.1, 0.15) is 6.10 Å². The first-order valence-corrected chi connectivity index (χ1v) is 17.7. The van der Waals surface area contributed by atoms with Gasteiger partial charge in [-0.25, -0.2) is 0 Å². The average Bonchev–Trinajstić information content (AvgIpc) is 2.91. The summed E-state index contributed by atoms with van der Waals surface area (Å²) in [5.74, 6) is 0. The summed E-state index contributed by atoms with van der Waals surface area (Å²) in [5.41, 5.74) is 0. The summed E-state index contributed by atoms with van der Waals surface area (Å²) in [6.07, 6.45) is 31.6. The molecule has 6 atom stereocenters. The van der Waals surface area contributed by atoms with Crippen molar-refractivity contribution in [2.75, 3.05) is 0 Å². The van der Waals surface area contributed by atoms with E-state index < -0.39 is 18.5 Å². The minimum atomic E-state index is -0.738. The Balaban J connectivity index is 1.72. The lowest BCUT2D eigenvalue weighted by molar-refractivity contribution is -0.273. The van der Waals surface area contributed by atoms with Crippen LogP contribution in [0.4, 0.5) is 0 Å². The van der Waals surface area contributed by atoms with Crippen LogP contribution in [0.25, 0.3) is 0 Å². The second-order valence-corrected chi connectivity index (χ2v) is 13.1. The van der Waals surface area contributed by atoms with E-state index in [1.165, 1.54) is 141 Å². The monoisotopic (exact) mass is 571 g/mol. The van der Waals surface area contributed by atoms with E-state index in [1.807, 2.05) is 13.8 Å². The van der Waals surface area contributed by atoms with Crippen molar-refractivity contribution in [3.8, 4) is 0 Å². The molecule has 0 saturated carbocycles. The molecule has 1 aliphatic rings. The molecule has 0 aliphatic carbocycles. The van der Waals surface area contributed by atoms with Crippen molar-refractivity contribution in [1.82, 2.24) is 0 Å². The van der Waals surface area contributed by atoms with E-state index in [9.17, 15) is 15.3 Å². The van der Waals surface area contributed by atoms with Gasteiger partial charge in [-0.2, -0.15) is 0 Å². The molecule has 5 nitrogen and oxygen atoms in total. The lowest BCUT2D eigenvalue weighted by atomic mass is 10.0. The lowest BCUT2D eigenvalue weighted by Gasteiger charge is -2.36. The molecule has 0 radical (unpaired) electrons. The number of hydrogen-bond acceptors (Lipinski definition) is 5. The number of unbranched alkanes of at least 4 members (excludes halogenated alkanes) is 22.